The van der Waals surface area contributed by atoms with Crippen LogP contribution in [0.25, 0.3) is 0 Å². The second-order valence-corrected chi connectivity index (χ2v) is 6.74. The molecular weight excluding hydrogens is 298 g/mol. The van der Waals surface area contributed by atoms with E-state index in [0.29, 0.717) is 12.0 Å². The number of rotatable bonds is 5. The third-order valence-electron chi connectivity index (χ3n) is 4.13. The van der Waals surface area contributed by atoms with Crippen LogP contribution in [0.15, 0.2) is 30.3 Å². The molecule has 5 heteroatoms. The molecule has 2 heterocycles. The number of hydrogen-bond donors (Lipinski definition) is 2. The highest BCUT2D eigenvalue weighted by Crippen LogP contribution is 2.23. The Hall–Kier alpha value is -2.30. The summed E-state index contributed by atoms with van der Waals surface area (Å²) in [5.74, 6) is 1.48. The number of hydrogen-bond acceptors (Lipinski definition) is 5. The van der Waals surface area contributed by atoms with Crippen LogP contribution in [0, 0.1) is 6.92 Å². The van der Waals surface area contributed by atoms with Gasteiger partial charge in [0.15, 0.2) is 0 Å². The zero-order valence-corrected chi connectivity index (χ0v) is 14.8. The minimum Gasteiger partial charge on any atom is -0.372 e. The van der Waals surface area contributed by atoms with Crippen molar-refractivity contribution in [2.75, 3.05) is 28.6 Å². The van der Waals surface area contributed by atoms with Crippen LogP contribution in [-0.4, -0.2) is 29.1 Å². The molecule has 3 rings (SSSR count). The number of piperidine rings is 1. The van der Waals surface area contributed by atoms with Gasteiger partial charge in [-0.2, -0.15) is 4.98 Å². The molecule has 24 heavy (non-hydrogen) atoms. The van der Waals surface area contributed by atoms with Gasteiger partial charge in [-0.25, -0.2) is 4.98 Å². The number of benzene rings is 1. The predicted molar refractivity (Wildman–Crippen MR) is 101 cm³/mol. The van der Waals surface area contributed by atoms with Gasteiger partial charge in [0, 0.05) is 42.3 Å². The average molecular weight is 325 g/mol. The van der Waals surface area contributed by atoms with Gasteiger partial charge in [0.1, 0.15) is 5.82 Å². The Kier molecular flexibility index (Phi) is 5.18. The molecule has 0 unspecified atom stereocenters. The maximum Gasteiger partial charge on any atom is 0.225 e. The first kappa shape index (κ1) is 16.6. The SMILES string of the molecule is Cc1cc(Nc2ccc(N3CCCCC3)cc2)nc(NC(C)C)n1. The smallest absolute Gasteiger partial charge is 0.225 e. The molecule has 0 amide bonds. The summed E-state index contributed by atoms with van der Waals surface area (Å²) < 4.78 is 0. The van der Waals surface area contributed by atoms with Crippen LogP contribution >= 0.6 is 0 Å². The van der Waals surface area contributed by atoms with Crippen molar-refractivity contribution in [3.05, 3.63) is 36.0 Å². The lowest BCUT2D eigenvalue weighted by Crippen LogP contribution is -2.29. The van der Waals surface area contributed by atoms with Crippen LogP contribution in [-0.2, 0) is 0 Å². The Morgan fingerprint density at radius 2 is 1.71 bits per heavy atom. The summed E-state index contributed by atoms with van der Waals surface area (Å²) in [5.41, 5.74) is 3.30. The fraction of sp³-hybridized carbons (Fsp3) is 0.474. The zero-order chi connectivity index (χ0) is 16.9. The van der Waals surface area contributed by atoms with E-state index in [4.69, 9.17) is 0 Å². The van der Waals surface area contributed by atoms with Crippen LogP contribution in [0.1, 0.15) is 38.8 Å². The number of nitrogens with one attached hydrogen (secondary N) is 2. The Labute approximate surface area is 144 Å². The third kappa shape index (κ3) is 4.37. The van der Waals surface area contributed by atoms with E-state index in [1.807, 2.05) is 13.0 Å². The van der Waals surface area contributed by atoms with Crippen molar-refractivity contribution in [1.29, 1.82) is 0 Å². The van der Waals surface area contributed by atoms with Crippen molar-refractivity contribution < 1.29 is 0 Å². The van der Waals surface area contributed by atoms with Crippen molar-refractivity contribution >= 4 is 23.1 Å². The molecule has 0 bridgehead atoms. The minimum absolute atomic E-state index is 0.309. The number of anilines is 4. The summed E-state index contributed by atoms with van der Waals surface area (Å²) in [7, 11) is 0. The predicted octanol–water partition coefficient (Wildman–Crippen LogP) is 4.34. The molecule has 1 saturated heterocycles. The van der Waals surface area contributed by atoms with E-state index in [9.17, 15) is 0 Å². The summed E-state index contributed by atoms with van der Waals surface area (Å²) in [6, 6.07) is 10.9. The normalized spacial score (nSPS) is 14.8. The van der Waals surface area contributed by atoms with Gasteiger partial charge < -0.3 is 15.5 Å². The molecule has 0 saturated carbocycles. The van der Waals surface area contributed by atoms with Crippen molar-refractivity contribution in [2.24, 2.45) is 0 Å². The molecule has 2 aromatic rings. The Morgan fingerprint density at radius 3 is 2.38 bits per heavy atom. The lowest BCUT2D eigenvalue weighted by atomic mass is 10.1. The molecule has 1 aromatic heterocycles. The van der Waals surface area contributed by atoms with Crippen LogP contribution < -0.4 is 15.5 Å². The van der Waals surface area contributed by atoms with E-state index < -0.39 is 0 Å². The summed E-state index contributed by atoms with van der Waals surface area (Å²) >= 11 is 0. The first-order valence-electron chi connectivity index (χ1n) is 8.84. The van der Waals surface area contributed by atoms with Gasteiger partial charge in [0.2, 0.25) is 5.95 Å². The van der Waals surface area contributed by atoms with E-state index in [1.165, 1.54) is 38.0 Å². The first-order chi connectivity index (χ1) is 11.6. The molecule has 1 aliphatic heterocycles. The fourth-order valence-electron chi connectivity index (χ4n) is 3.01. The highest BCUT2D eigenvalue weighted by molar-refractivity contribution is 5.61. The Morgan fingerprint density at radius 1 is 1.00 bits per heavy atom. The number of nitrogens with zero attached hydrogens (tertiary/aromatic N) is 3. The van der Waals surface area contributed by atoms with Gasteiger partial charge >= 0.3 is 0 Å². The second kappa shape index (κ2) is 7.51. The molecule has 2 N–H and O–H groups in total. The molecule has 1 fully saturated rings. The Balaban J connectivity index is 1.70. The molecule has 1 aliphatic rings. The van der Waals surface area contributed by atoms with E-state index in [0.717, 1.165) is 17.2 Å². The third-order valence-corrected chi connectivity index (χ3v) is 4.13. The fourth-order valence-corrected chi connectivity index (χ4v) is 3.01. The van der Waals surface area contributed by atoms with Gasteiger partial charge in [0.05, 0.1) is 0 Å². The highest BCUT2D eigenvalue weighted by atomic mass is 15.2. The van der Waals surface area contributed by atoms with Gasteiger partial charge in [-0.1, -0.05) is 0 Å². The second-order valence-electron chi connectivity index (χ2n) is 6.74. The van der Waals surface area contributed by atoms with Crippen molar-refractivity contribution in [3.63, 3.8) is 0 Å². The molecule has 1 aromatic carbocycles. The molecule has 128 valence electrons. The maximum absolute atomic E-state index is 4.54. The van der Waals surface area contributed by atoms with Crippen LogP contribution in [0.3, 0.4) is 0 Å². The monoisotopic (exact) mass is 325 g/mol. The minimum atomic E-state index is 0.309. The van der Waals surface area contributed by atoms with Gasteiger partial charge in [-0.3, -0.25) is 0 Å². The van der Waals surface area contributed by atoms with Crippen molar-refractivity contribution in [2.45, 2.75) is 46.1 Å². The molecule has 0 atom stereocenters. The molecular formula is C19H27N5. The lowest BCUT2D eigenvalue weighted by Gasteiger charge is -2.28. The van der Waals surface area contributed by atoms with Crippen LogP contribution in [0.5, 0.6) is 0 Å². The Bertz CT molecular complexity index is 660. The van der Waals surface area contributed by atoms with Gasteiger partial charge in [-0.05, 0) is 64.3 Å². The molecule has 0 aliphatic carbocycles. The first-order valence-corrected chi connectivity index (χ1v) is 8.84. The summed E-state index contributed by atoms with van der Waals surface area (Å²) in [6.45, 7) is 8.48. The molecule has 0 radical (unpaired) electrons. The summed E-state index contributed by atoms with van der Waals surface area (Å²) in [4.78, 5) is 11.4. The van der Waals surface area contributed by atoms with Gasteiger partial charge in [-0.15, -0.1) is 0 Å². The summed E-state index contributed by atoms with van der Waals surface area (Å²) in [6.07, 6.45) is 3.95. The van der Waals surface area contributed by atoms with E-state index in [2.05, 4.69) is 63.6 Å². The van der Waals surface area contributed by atoms with E-state index in [-0.39, 0.29) is 0 Å². The van der Waals surface area contributed by atoms with Gasteiger partial charge in [0.25, 0.3) is 0 Å². The number of aryl methyl sites for hydroxylation is 1. The molecule has 0 spiro atoms. The summed E-state index contributed by atoms with van der Waals surface area (Å²) in [5, 5.41) is 6.63. The van der Waals surface area contributed by atoms with E-state index in [1.54, 1.807) is 0 Å². The van der Waals surface area contributed by atoms with Crippen LogP contribution in [0.4, 0.5) is 23.1 Å². The van der Waals surface area contributed by atoms with Crippen molar-refractivity contribution in [3.8, 4) is 0 Å². The highest BCUT2D eigenvalue weighted by Gasteiger charge is 2.10. The largest absolute Gasteiger partial charge is 0.372 e. The average Bonchev–Trinajstić information content (AvgIpc) is 2.55. The number of aromatic nitrogens is 2. The van der Waals surface area contributed by atoms with Crippen molar-refractivity contribution in [1.82, 2.24) is 9.97 Å². The quantitative estimate of drug-likeness (QED) is 0.856. The van der Waals surface area contributed by atoms with Crippen LogP contribution in [0.2, 0.25) is 0 Å². The molecule has 5 nitrogen and oxygen atoms in total. The van der Waals surface area contributed by atoms with E-state index >= 15 is 0 Å². The maximum atomic E-state index is 4.54. The zero-order valence-electron chi connectivity index (χ0n) is 14.8. The topological polar surface area (TPSA) is 53.1 Å². The standard InChI is InChI=1S/C19H27N5/c1-14(2)20-19-21-15(3)13-18(23-19)22-16-7-9-17(10-8-16)24-11-5-4-6-12-24/h7-10,13-14H,4-6,11-12H2,1-3H3,(H2,20,21,22,23). The lowest BCUT2D eigenvalue weighted by molar-refractivity contribution is 0.578.